The number of para-hydroxylation sites is 1. The monoisotopic (exact) mass is 396 g/mol. The lowest BCUT2D eigenvalue weighted by Crippen LogP contribution is -2.30. The lowest BCUT2D eigenvalue weighted by Gasteiger charge is -2.32. The number of aromatic nitrogens is 1. The standard InChI is InChI=1S/C20H20N2O3.C2H6.CH2O/c1-12-15-7-13-5-3-4-6-17(13)21-20(15)18-8-16(19(24)10-23)14(11-25-2)9-22(12)18;2*1-2/h3-8,10,12,19,24H,9,11H2,1-2H3;1-2H3;1H2. The molecule has 0 spiro atoms. The number of carbonyl (C=O) groups is 2. The van der Waals surface area contributed by atoms with Crippen molar-refractivity contribution < 1.29 is 19.4 Å². The van der Waals surface area contributed by atoms with E-state index in [2.05, 4.69) is 24.0 Å². The lowest BCUT2D eigenvalue weighted by molar-refractivity contribution is -0.113. The Labute approximate surface area is 171 Å². The van der Waals surface area contributed by atoms with Crippen LogP contribution in [0.3, 0.4) is 0 Å². The fourth-order valence-electron chi connectivity index (χ4n) is 3.76. The van der Waals surface area contributed by atoms with E-state index in [4.69, 9.17) is 14.5 Å². The molecule has 29 heavy (non-hydrogen) atoms. The van der Waals surface area contributed by atoms with Gasteiger partial charge in [0.2, 0.25) is 0 Å². The van der Waals surface area contributed by atoms with E-state index >= 15 is 0 Å². The summed E-state index contributed by atoms with van der Waals surface area (Å²) in [5, 5.41) is 11.2. The average Bonchev–Trinajstić information content (AvgIpc) is 3.05. The van der Waals surface area contributed by atoms with E-state index in [1.165, 1.54) is 5.56 Å². The van der Waals surface area contributed by atoms with Crippen molar-refractivity contribution in [2.75, 3.05) is 20.3 Å². The van der Waals surface area contributed by atoms with Crippen LogP contribution < -0.4 is 0 Å². The molecule has 154 valence electrons. The summed E-state index contributed by atoms with van der Waals surface area (Å²) >= 11 is 0. The second-order valence-electron chi connectivity index (χ2n) is 6.53. The molecule has 2 atom stereocenters. The van der Waals surface area contributed by atoms with Gasteiger partial charge in [0.1, 0.15) is 12.9 Å². The topological polar surface area (TPSA) is 79.7 Å². The van der Waals surface area contributed by atoms with Crippen LogP contribution in [0.4, 0.5) is 0 Å². The van der Waals surface area contributed by atoms with Crippen LogP contribution in [0.25, 0.3) is 16.6 Å². The Bertz CT molecular complexity index is 936. The summed E-state index contributed by atoms with van der Waals surface area (Å²) in [6, 6.07) is 10.4. The molecular weight excluding hydrogens is 368 g/mol. The summed E-state index contributed by atoms with van der Waals surface area (Å²) in [4.78, 5) is 26.3. The van der Waals surface area contributed by atoms with Crippen molar-refractivity contribution in [3.05, 3.63) is 58.8 Å². The van der Waals surface area contributed by atoms with E-state index in [1.54, 1.807) is 7.11 Å². The molecule has 0 aliphatic carbocycles. The van der Waals surface area contributed by atoms with Gasteiger partial charge in [-0.25, -0.2) is 4.98 Å². The summed E-state index contributed by atoms with van der Waals surface area (Å²) < 4.78 is 5.27. The third-order valence-corrected chi connectivity index (χ3v) is 5.05. The molecule has 4 rings (SSSR count). The molecule has 0 fully saturated rings. The van der Waals surface area contributed by atoms with Crippen LogP contribution >= 0.6 is 0 Å². The Morgan fingerprint density at radius 3 is 2.69 bits per heavy atom. The smallest absolute Gasteiger partial charge is 0.153 e. The number of aliphatic hydroxyl groups excluding tert-OH is 1. The lowest BCUT2D eigenvalue weighted by atomic mass is 9.98. The van der Waals surface area contributed by atoms with Crippen molar-refractivity contribution in [3.8, 4) is 0 Å². The third kappa shape index (κ3) is 4.13. The first kappa shape index (κ1) is 22.5. The molecule has 2 aliphatic rings. The van der Waals surface area contributed by atoms with E-state index in [0.717, 1.165) is 27.9 Å². The normalized spacial score (nSPS) is 17.9. The van der Waals surface area contributed by atoms with E-state index < -0.39 is 6.10 Å². The summed E-state index contributed by atoms with van der Waals surface area (Å²) in [7, 11) is 1.62. The Hall–Kier alpha value is -2.83. The Morgan fingerprint density at radius 1 is 1.34 bits per heavy atom. The molecule has 0 radical (unpaired) electrons. The van der Waals surface area contributed by atoms with Crippen LogP contribution in [0.5, 0.6) is 0 Å². The SMILES string of the molecule is C=O.CC.COCC1=C(C(O)C=O)C=C2c3nc4ccccc4cc3C(C)N2C1. The van der Waals surface area contributed by atoms with Crippen LogP contribution in [0.15, 0.2) is 47.6 Å². The molecule has 2 unspecified atom stereocenters. The van der Waals surface area contributed by atoms with Gasteiger partial charge in [-0.1, -0.05) is 32.0 Å². The van der Waals surface area contributed by atoms with Gasteiger partial charge in [-0.05, 0) is 36.3 Å². The first-order chi connectivity index (χ1) is 14.1. The van der Waals surface area contributed by atoms with Crippen molar-refractivity contribution in [2.45, 2.75) is 32.9 Å². The average molecular weight is 396 g/mol. The summed E-state index contributed by atoms with van der Waals surface area (Å²) in [5.41, 5.74) is 5.55. The van der Waals surface area contributed by atoms with Gasteiger partial charge in [-0.3, -0.25) is 0 Å². The first-order valence-corrected chi connectivity index (χ1v) is 9.65. The number of benzene rings is 1. The van der Waals surface area contributed by atoms with Crippen LogP contribution in [0, 0.1) is 0 Å². The Balaban J connectivity index is 0.000000707. The molecule has 1 aromatic heterocycles. The minimum Gasteiger partial charge on any atom is -0.381 e. The summed E-state index contributed by atoms with van der Waals surface area (Å²) in [5.74, 6) is 0. The number of hydrogen-bond donors (Lipinski definition) is 1. The molecule has 0 saturated carbocycles. The molecule has 0 amide bonds. The Kier molecular flexibility index (Phi) is 7.82. The summed E-state index contributed by atoms with van der Waals surface area (Å²) in [6.07, 6.45) is 1.31. The number of nitrogens with zero attached hydrogens (tertiary/aromatic N) is 2. The van der Waals surface area contributed by atoms with Crippen LogP contribution in [-0.4, -0.2) is 54.4 Å². The van der Waals surface area contributed by atoms with E-state index in [-0.39, 0.29) is 6.04 Å². The maximum Gasteiger partial charge on any atom is 0.153 e. The molecule has 0 bridgehead atoms. The number of aldehydes is 1. The van der Waals surface area contributed by atoms with Gasteiger partial charge in [-0.15, -0.1) is 0 Å². The maximum absolute atomic E-state index is 11.1. The predicted molar refractivity (Wildman–Crippen MR) is 114 cm³/mol. The highest BCUT2D eigenvalue weighted by Crippen LogP contribution is 2.44. The summed E-state index contributed by atoms with van der Waals surface area (Å²) in [6.45, 7) is 9.16. The van der Waals surface area contributed by atoms with Crippen molar-refractivity contribution in [2.24, 2.45) is 0 Å². The van der Waals surface area contributed by atoms with Crippen molar-refractivity contribution in [1.82, 2.24) is 9.88 Å². The quantitative estimate of drug-likeness (QED) is 0.799. The van der Waals surface area contributed by atoms with Gasteiger partial charge in [0.05, 0.1) is 29.6 Å². The molecular formula is C23H28N2O4. The molecule has 2 aromatic rings. The molecule has 1 N–H and O–H groups in total. The number of fused-ring (bicyclic) bond motifs is 4. The van der Waals surface area contributed by atoms with Gasteiger partial charge in [0, 0.05) is 24.6 Å². The highest BCUT2D eigenvalue weighted by Gasteiger charge is 2.36. The number of rotatable bonds is 4. The fourth-order valence-corrected chi connectivity index (χ4v) is 3.76. The van der Waals surface area contributed by atoms with Crippen LogP contribution in [-0.2, 0) is 14.3 Å². The minimum absolute atomic E-state index is 0.181. The maximum atomic E-state index is 11.1. The molecule has 6 nitrogen and oxygen atoms in total. The second-order valence-corrected chi connectivity index (χ2v) is 6.53. The number of methoxy groups -OCH3 is 1. The van der Waals surface area contributed by atoms with Crippen molar-refractivity contribution in [1.29, 1.82) is 0 Å². The molecule has 6 heteroatoms. The third-order valence-electron chi connectivity index (χ3n) is 5.05. The Morgan fingerprint density at radius 2 is 2.03 bits per heavy atom. The van der Waals surface area contributed by atoms with Crippen molar-refractivity contribution in [3.63, 3.8) is 0 Å². The van der Waals surface area contributed by atoms with Gasteiger partial charge in [0.15, 0.2) is 6.29 Å². The molecule has 2 aliphatic heterocycles. The van der Waals surface area contributed by atoms with Gasteiger partial charge in [-0.2, -0.15) is 0 Å². The highest BCUT2D eigenvalue weighted by molar-refractivity contribution is 5.85. The highest BCUT2D eigenvalue weighted by atomic mass is 16.5. The van der Waals surface area contributed by atoms with E-state index in [0.29, 0.717) is 25.0 Å². The zero-order chi connectivity index (χ0) is 21.6. The number of ether oxygens (including phenoxy) is 1. The second kappa shape index (κ2) is 10.1. The number of aliphatic hydroxyl groups is 1. The van der Waals surface area contributed by atoms with E-state index in [1.807, 2.05) is 44.9 Å². The number of hydrogen-bond acceptors (Lipinski definition) is 6. The van der Waals surface area contributed by atoms with Gasteiger partial charge >= 0.3 is 0 Å². The predicted octanol–water partition coefficient (Wildman–Crippen LogP) is 3.31. The van der Waals surface area contributed by atoms with Gasteiger partial charge in [0.25, 0.3) is 0 Å². The minimum atomic E-state index is -1.14. The number of pyridine rings is 1. The largest absolute Gasteiger partial charge is 0.381 e. The van der Waals surface area contributed by atoms with Crippen molar-refractivity contribution >= 4 is 29.7 Å². The molecule has 1 aromatic carbocycles. The number of carbonyl (C=O) groups excluding carboxylic acids is 2. The fraction of sp³-hybridized carbons (Fsp3) is 0.348. The van der Waals surface area contributed by atoms with Gasteiger partial charge < -0.3 is 24.3 Å². The van der Waals surface area contributed by atoms with Crippen LogP contribution in [0.2, 0.25) is 0 Å². The van der Waals surface area contributed by atoms with Crippen LogP contribution in [0.1, 0.15) is 38.1 Å². The molecule has 3 heterocycles. The zero-order valence-electron chi connectivity index (χ0n) is 17.4. The van der Waals surface area contributed by atoms with E-state index in [9.17, 15) is 9.90 Å². The molecule has 0 saturated heterocycles. The zero-order valence-corrected chi connectivity index (χ0v) is 17.4. The first-order valence-electron chi connectivity index (χ1n) is 9.65.